The van der Waals surface area contributed by atoms with Gasteiger partial charge in [-0.1, -0.05) is 24.4 Å². The number of sulfonamides is 1. The predicted molar refractivity (Wildman–Crippen MR) is 103 cm³/mol. The van der Waals surface area contributed by atoms with Crippen LogP contribution in [-0.2, 0) is 19.6 Å². The van der Waals surface area contributed by atoms with Crippen molar-refractivity contribution >= 4 is 33.3 Å². The van der Waals surface area contributed by atoms with Crippen LogP contribution < -0.4 is 5.32 Å². The maximum absolute atomic E-state index is 12.9. The van der Waals surface area contributed by atoms with Gasteiger partial charge in [0.15, 0.2) is 5.57 Å². The minimum atomic E-state index is -3.64. The van der Waals surface area contributed by atoms with E-state index in [1.165, 1.54) is 22.5 Å². The van der Waals surface area contributed by atoms with E-state index in [0.717, 1.165) is 31.9 Å². The predicted octanol–water partition coefficient (Wildman–Crippen LogP) is 3.29. The summed E-state index contributed by atoms with van der Waals surface area (Å²) in [5.41, 5.74) is 0.0401. The molecular formula is C18H22ClN3O4S. The normalized spacial score (nSPS) is 16.3. The van der Waals surface area contributed by atoms with Crippen molar-refractivity contribution in [2.24, 2.45) is 0 Å². The summed E-state index contributed by atoms with van der Waals surface area (Å²) in [4.78, 5) is 11.8. The average Bonchev–Trinajstić information content (AvgIpc) is 2.93. The first-order chi connectivity index (χ1) is 12.9. The van der Waals surface area contributed by atoms with Crippen molar-refractivity contribution in [2.75, 3.05) is 25.0 Å². The number of nitrogens with one attached hydrogen (secondary N) is 1. The highest BCUT2D eigenvalue weighted by molar-refractivity contribution is 7.89. The first-order valence-electron chi connectivity index (χ1n) is 8.73. The number of esters is 1. The Morgan fingerprint density at radius 2 is 2.00 bits per heavy atom. The Morgan fingerprint density at radius 1 is 1.33 bits per heavy atom. The van der Waals surface area contributed by atoms with Crippen LogP contribution in [0.4, 0.5) is 5.69 Å². The SMILES string of the molecule is CCOC(=O)/C(C#N)=C/Nc1cc(S(=O)(=O)N2CCCCCC2)ccc1Cl. The molecule has 1 aliphatic rings. The quantitative estimate of drug-likeness (QED) is 0.438. The van der Waals surface area contributed by atoms with Gasteiger partial charge in [0.05, 0.1) is 22.2 Å². The molecule has 0 atom stereocenters. The molecule has 146 valence electrons. The largest absolute Gasteiger partial charge is 0.462 e. The molecule has 1 aromatic rings. The van der Waals surface area contributed by atoms with Gasteiger partial charge in [0.25, 0.3) is 0 Å². The summed E-state index contributed by atoms with van der Waals surface area (Å²) in [6.45, 7) is 2.76. The van der Waals surface area contributed by atoms with Crippen molar-refractivity contribution in [3.63, 3.8) is 0 Å². The highest BCUT2D eigenvalue weighted by Gasteiger charge is 2.25. The van der Waals surface area contributed by atoms with Gasteiger partial charge in [-0.15, -0.1) is 0 Å². The summed E-state index contributed by atoms with van der Waals surface area (Å²) in [7, 11) is -3.64. The molecule has 1 aromatic carbocycles. The zero-order chi connectivity index (χ0) is 19.9. The topological polar surface area (TPSA) is 99.5 Å². The zero-order valence-corrected chi connectivity index (χ0v) is 16.6. The summed E-state index contributed by atoms with van der Waals surface area (Å²) in [5.74, 6) is -0.767. The summed E-state index contributed by atoms with van der Waals surface area (Å²) < 4.78 is 32.1. The van der Waals surface area contributed by atoms with Crippen molar-refractivity contribution in [2.45, 2.75) is 37.5 Å². The number of hydrogen-bond acceptors (Lipinski definition) is 6. The van der Waals surface area contributed by atoms with Crippen molar-refractivity contribution in [1.29, 1.82) is 5.26 Å². The van der Waals surface area contributed by atoms with E-state index < -0.39 is 16.0 Å². The van der Waals surface area contributed by atoms with Crippen molar-refractivity contribution in [1.82, 2.24) is 4.31 Å². The number of carbonyl (C=O) groups excluding carboxylic acids is 1. The second-order valence-corrected chi connectivity index (χ2v) is 8.34. The second-order valence-electron chi connectivity index (χ2n) is 5.99. The molecule has 1 saturated heterocycles. The fraction of sp³-hybridized carbons (Fsp3) is 0.444. The number of halogens is 1. The van der Waals surface area contributed by atoms with Gasteiger partial charge in [-0.25, -0.2) is 13.2 Å². The van der Waals surface area contributed by atoms with Crippen LogP contribution in [0.25, 0.3) is 0 Å². The number of ether oxygens (including phenoxy) is 1. The molecule has 0 radical (unpaired) electrons. The van der Waals surface area contributed by atoms with Crippen molar-refractivity contribution < 1.29 is 17.9 Å². The summed E-state index contributed by atoms with van der Waals surface area (Å²) in [5, 5.41) is 12.1. The Morgan fingerprint density at radius 3 is 2.59 bits per heavy atom. The fourth-order valence-electron chi connectivity index (χ4n) is 2.70. The summed E-state index contributed by atoms with van der Waals surface area (Å²) in [6.07, 6.45) is 4.88. The van der Waals surface area contributed by atoms with Crippen LogP contribution in [-0.4, -0.2) is 38.4 Å². The molecule has 0 amide bonds. The monoisotopic (exact) mass is 411 g/mol. The van der Waals surface area contributed by atoms with Crippen LogP contribution in [0.3, 0.4) is 0 Å². The molecule has 0 unspecified atom stereocenters. The van der Waals surface area contributed by atoms with E-state index in [2.05, 4.69) is 5.32 Å². The lowest BCUT2D eigenvalue weighted by Gasteiger charge is -2.20. The number of nitriles is 1. The molecule has 2 rings (SSSR count). The summed E-state index contributed by atoms with van der Waals surface area (Å²) in [6, 6.07) is 6.06. The number of anilines is 1. The molecule has 7 nitrogen and oxygen atoms in total. The summed E-state index contributed by atoms with van der Waals surface area (Å²) >= 11 is 6.13. The van der Waals surface area contributed by atoms with Gasteiger partial charge in [-0.3, -0.25) is 0 Å². The van der Waals surface area contributed by atoms with Crippen LogP contribution in [0, 0.1) is 11.3 Å². The lowest BCUT2D eigenvalue weighted by Crippen LogP contribution is -2.31. The molecule has 0 aromatic heterocycles. The third-order valence-electron chi connectivity index (χ3n) is 4.13. The molecule has 0 saturated carbocycles. The van der Waals surface area contributed by atoms with E-state index in [-0.39, 0.29) is 27.8 Å². The van der Waals surface area contributed by atoms with E-state index in [1.54, 1.807) is 13.0 Å². The average molecular weight is 412 g/mol. The third-order valence-corrected chi connectivity index (χ3v) is 6.35. The van der Waals surface area contributed by atoms with Gasteiger partial charge < -0.3 is 10.1 Å². The van der Waals surface area contributed by atoms with Gasteiger partial charge in [0, 0.05) is 19.3 Å². The lowest BCUT2D eigenvalue weighted by molar-refractivity contribution is -0.138. The Labute approximate surface area is 164 Å². The standard InChI is InChI=1S/C18H22ClN3O4S/c1-2-26-18(23)14(12-20)13-21-17-11-15(7-8-16(17)19)27(24,25)22-9-5-3-4-6-10-22/h7-8,11,13,21H,2-6,9-10H2,1H3/b14-13+. The van der Waals surface area contributed by atoms with Gasteiger partial charge in [-0.05, 0) is 38.0 Å². The molecule has 0 spiro atoms. The molecule has 9 heteroatoms. The number of hydrogen-bond donors (Lipinski definition) is 1. The zero-order valence-electron chi connectivity index (χ0n) is 15.1. The highest BCUT2D eigenvalue weighted by Crippen LogP contribution is 2.28. The molecular weight excluding hydrogens is 390 g/mol. The molecule has 1 N–H and O–H groups in total. The Bertz CT molecular complexity index is 854. The van der Waals surface area contributed by atoms with Crippen molar-refractivity contribution in [3.8, 4) is 6.07 Å². The number of carbonyl (C=O) groups is 1. The van der Waals surface area contributed by atoms with Crippen LogP contribution in [0.15, 0.2) is 34.9 Å². The number of benzene rings is 1. The van der Waals surface area contributed by atoms with Gasteiger partial charge in [-0.2, -0.15) is 9.57 Å². The van der Waals surface area contributed by atoms with Crippen molar-refractivity contribution in [3.05, 3.63) is 35.0 Å². The van der Waals surface area contributed by atoms with Crippen LogP contribution in [0.1, 0.15) is 32.6 Å². The Balaban J connectivity index is 2.27. The molecule has 1 aliphatic heterocycles. The van der Waals surface area contributed by atoms with Crippen LogP contribution >= 0.6 is 11.6 Å². The first kappa shape index (κ1) is 21.2. The minimum absolute atomic E-state index is 0.111. The van der Waals surface area contributed by atoms with E-state index in [9.17, 15) is 13.2 Å². The molecule has 27 heavy (non-hydrogen) atoms. The Hall–Kier alpha value is -2.08. The number of rotatable bonds is 6. The number of nitrogens with zero attached hydrogens (tertiary/aromatic N) is 2. The molecule has 1 heterocycles. The van der Waals surface area contributed by atoms with Gasteiger partial charge in [0.2, 0.25) is 10.0 Å². The molecule has 1 fully saturated rings. The van der Waals surface area contributed by atoms with Gasteiger partial charge >= 0.3 is 5.97 Å². The molecule has 0 aliphatic carbocycles. The van der Waals surface area contributed by atoms with E-state index in [4.69, 9.17) is 21.6 Å². The fourth-order valence-corrected chi connectivity index (χ4v) is 4.42. The lowest BCUT2D eigenvalue weighted by atomic mass is 10.2. The minimum Gasteiger partial charge on any atom is -0.462 e. The van der Waals surface area contributed by atoms with Gasteiger partial charge in [0.1, 0.15) is 6.07 Å². The first-order valence-corrected chi connectivity index (χ1v) is 10.6. The maximum Gasteiger partial charge on any atom is 0.350 e. The molecule has 0 bridgehead atoms. The Kier molecular flexibility index (Phi) is 7.66. The van der Waals surface area contributed by atoms with E-state index in [1.807, 2.05) is 0 Å². The highest BCUT2D eigenvalue weighted by atomic mass is 35.5. The van der Waals surface area contributed by atoms with Crippen LogP contribution in [0.2, 0.25) is 5.02 Å². The van der Waals surface area contributed by atoms with Crippen LogP contribution in [0.5, 0.6) is 0 Å². The smallest absolute Gasteiger partial charge is 0.350 e. The maximum atomic E-state index is 12.9. The van der Waals surface area contributed by atoms with E-state index >= 15 is 0 Å². The van der Waals surface area contributed by atoms with E-state index in [0.29, 0.717) is 13.1 Å². The third kappa shape index (κ3) is 5.45. The second kappa shape index (κ2) is 9.74.